The van der Waals surface area contributed by atoms with E-state index in [1.807, 2.05) is 17.0 Å². The topological polar surface area (TPSA) is 91.3 Å². The number of benzene rings is 2. The number of nitrogens with one attached hydrogen (secondary N) is 1. The SMILES string of the molecule is COC1CC2(CCN(C(=O)c3ccc4c(c3)OCCN(C[C@@H](O)[C@@H]3Cc5ccccc5CN3)C4=O)CC2)C1. The maximum absolute atomic E-state index is 13.4. The third-order valence-electron chi connectivity index (χ3n) is 9.12. The van der Waals surface area contributed by atoms with E-state index in [-0.39, 0.29) is 24.4 Å². The van der Waals surface area contributed by atoms with Gasteiger partial charge in [0.05, 0.1) is 24.3 Å². The normalized spacial score (nSPS) is 23.6. The Morgan fingerprint density at radius 3 is 2.68 bits per heavy atom. The summed E-state index contributed by atoms with van der Waals surface area (Å²) >= 11 is 0. The van der Waals surface area contributed by atoms with Crippen molar-refractivity contribution in [3.63, 3.8) is 0 Å². The summed E-state index contributed by atoms with van der Waals surface area (Å²) in [6.07, 6.45) is 4.60. The van der Waals surface area contributed by atoms with Gasteiger partial charge < -0.3 is 29.7 Å². The van der Waals surface area contributed by atoms with E-state index in [1.54, 1.807) is 30.2 Å². The molecule has 1 aliphatic carbocycles. The van der Waals surface area contributed by atoms with Crippen LogP contribution in [0.2, 0.25) is 0 Å². The molecular formula is C30H37N3O5. The molecule has 2 fully saturated rings. The molecule has 1 saturated heterocycles. The lowest BCUT2D eigenvalue weighted by Gasteiger charge is -2.51. The van der Waals surface area contributed by atoms with E-state index in [9.17, 15) is 14.7 Å². The Bertz CT molecular complexity index is 1200. The van der Waals surface area contributed by atoms with E-state index < -0.39 is 6.10 Å². The van der Waals surface area contributed by atoms with Crippen LogP contribution in [-0.2, 0) is 17.7 Å². The number of hydrogen-bond acceptors (Lipinski definition) is 6. The molecule has 2 N–H and O–H groups in total. The van der Waals surface area contributed by atoms with Gasteiger partial charge >= 0.3 is 0 Å². The molecule has 1 saturated carbocycles. The summed E-state index contributed by atoms with van der Waals surface area (Å²) in [5.74, 6) is 0.254. The number of carbonyl (C=O) groups is 2. The van der Waals surface area contributed by atoms with Crippen LogP contribution in [0.25, 0.3) is 0 Å². The second kappa shape index (κ2) is 10.3. The van der Waals surface area contributed by atoms with E-state index >= 15 is 0 Å². The van der Waals surface area contributed by atoms with Crippen molar-refractivity contribution in [3.05, 3.63) is 64.7 Å². The maximum Gasteiger partial charge on any atom is 0.257 e. The van der Waals surface area contributed by atoms with E-state index in [4.69, 9.17) is 9.47 Å². The van der Waals surface area contributed by atoms with Crippen molar-refractivity contribution in [1.82, 2.24) is 15.1 Å². The second-order valence-corrected chi connectivity index (χ2v) is 11.4. The van der Waals surface area contributed by atoms with Gasteiger partial charge in [-0.15, -0.1) is 0 Å². The Kier molecular flexibility index (Phi) is 6.88. The molecule has 0 radical (unpaired) electrons. The number of β-amino-alcohol motifs (C(OH)–C–C–N with tert-alkyl or cyclic N) is 1. The van der Waals surface area contributed by atoms with Gasteiger partial charge in [0.15, 0.2) is 0 Å². The lowest BCUT2D eigenvalue weighted by Crippen LogP contribution is -2.50. The highest BCUT2D eigenvalue weighted by atomic mass is 16.5. The van der Waals surface area contributed by atoms with E-state index in [1.165, 1.54) is 11.1 Å². The molecule has 3 aliphatic heterocycles. The number of aliphatic hydroxyl groups is 1. The van der Waals surface area contributed by atoms with Gasteiger partial charge in [0.25, 0.3) is 11.8 Å². The first-order valence-electron chi connectivity index (χ1n) is 13.8. The lowest BCUT2D eigenvalue weighted by atomic mass is 9.61. The van der Waals surface area contributed by atoms with Crippen LogP contribution in [0.5, 0.6) is 5.75 Å². The molecule has 6 rings (SSSR count). The van der Waals surface area contributed by atoms with Crippen LogP contribution in [-0.4, -0.2) is 84.9 Å². The van der Waals surface area contributed by atoms with Crippen molar-refractivity contribution < 1.29 is 24.2 Å². The summed E-state index contributed by atoms with van der Waals surface area (Å²) in [6.45, 7) is 3.13. The van der Waals surface area contributed by atoms with Crippen LogP contribution in [0.15, 0.2) is 42.5 Å². The largest absolute Gasteiger partial charge is 0.491 e. The predicted octanol–water partition coefficient (Wildman–Crippen LogP) is 2.63. The summed E-state index contributed by atoms with van der Waals surface area (Å²) in [5, 5.41) is 14.4. The van der Waals surface area contributed by atoms with Gasteiger partial charge in [0, 0.05) is 44.9 Å². The number of fused-ring (bicyclic) bond motifs is 2. The average molecular weight is 520 g/mol. The minimum absolute atomic E-state index is 0.0125. The van der Waals surface area contributed by atoms with E-state index in [0.29, 0.717) is 48.1 Å². The van der Waals surface area contributed by atoms with Gasteiger partial charge in [-0.2, -0.15) is 0 Å². The minimum Gasteiger partial charge on any atom is -0.491 e. The molecule has 0 unspecified atom stereocenters. The number of carbonyl (C=O) groups excluding carboxylic acids is 2. The van der Waals surface area contributed by atoms with Crippen molar-refractivity contribution >= 4 is 11.8 Å². The fraction of sp³-hybridized carbons (Fsp3) is 0.533. The molecule has 2 atom stereocenters. The summed E-state index contributed by atoms with van der Waals surface area (Å²) in [7, 11) is 1.77. The van der Waals surface area contributed by atoms with Crippen molar-refractivity contribution in [2.75, 3.05) is 39.9 Å². The third kappa shape index (κ3) is 4.81. The average Bonchev–Trinajstić information content (AvgIpc) is 3.09. The number of rotatable bonds is 5. The molecule has 0 bridgehead atoms. The van der Waals surface area contributed by atoms with Crippen LogP contribution in [0, 0.1) is 5.41 Å². The van der Waals surface area contributed by atoms with Crippen molar-refractivity contribution in [2.45, 2.75) is 56.9 Å². The van der Waals surface area contributed by atoms with Crippen molar-refractivity contribution in [1.29, 1.82) is 0 Å². The molecular weight excluding hydrogens is 482 g/mol. The first kappa shape index (κ1) is 25.3. The van der Waals surface area contributed by atoms with Gasteiger partial charge in [0.1, 0.15) is 12.4 Å². The predicted molar refractivity (Wildman–Crippen MR) is 142 cm³/mol. The quantitative estimate of drug-likeness (QED) is 0.631. The van der Waals surface area contributed by atoms with Crippen molar-refractivity contribution in [2.24, 2.45) is 5.41 Å². The fourth-order valence-corrected chi connectivity index (χ4v) is 6.62. The molecule has 2 aromatic carbocycles. The van der Waals surface area contributed by atoms with Gasteiger partial charge in [-0.25, -0.2) is 0 Å². The number of piperidine rings is 1. The highest BCUT2D eigenvalue weighted by Gasteiger charge is 2.46. The van der Waals surface area contributed by atoms with Crippen LogP contribution in [0.4, 0.5) is 0 Å². The number of ether oxygens (including phenoxy) is 2. The Hall–Kier alpha value is -2.94. The number of aliphatic hydroxyl groups excluding tert-OH is 1. The molecule has 3 heterocycles. The van der Waals surface area contributed by atoms with Gasteiger partial charge in [-0.3, -0.25) is 9.59 Å². The molecule has 0 aromatic heterocycles. The molecule has 1 spiro atoms. The Morgan fingerprint density at radius 1 is 1.16 bits per heavy atom. The van der Waals surface area contributed by atoms with Crippen LogP contribution < -0.4 is 10.1 Å². The first-order chi connectivity index (χ1) is 18.4. The second-order valence-electron chi connectivity index (χ2n) is 11.4. The number of likely N-dealkylation sites (tertiary alicyclic amines) is 1. The van der Waals surface area contributed by atoms with Gasteiger partial charge in [-0.1, -0.05) is 24.3 Å². The van der Waals surface area contributed by atoms with Gasteiger partial charge in [-0.05, 0) is 66.8 Å². The Morgan fingerprint density at radius 2 is 1.92 bits per heavy atom. The van der Waals surface area contributed by atoms with Crippen LogP contribution >= 0.6 is 0 Å². The minimum atomic E-state index is -0.702. The van der Waals surface area contributed by atoms with E-state index in [0.717, 1.165) is 45.2 Å². The standard InChI is InChI=1S/C30H37N3O5/c1-37-23-16-30(17-23)8-10-32(11-9-30)28(35)21-6-7-24-27(15-21)38-13-12-33(29(24)36)19-26(34)25-14-20-4-2-3-5-22(20)18-31-25/h2-7,15,23,25-26,31,34H,8-14,16-19H2,1H3/t25-,26+/m0/s1. The maximum atomic E-state index is 13.4. The highest BCUT2D eigenvalue weighted by Crippen LogP contribution is 2.50. The number of nitrogens with zero attached hydrogens (tertiary/aromatic N) is 2. The Balaban J connectivity index is 1.09. The van der Waals surface area contributed by atoms with E-state index in [2.05, 4.69) is 17.4 Å². The Labute approximate surface area is 223 Å². The van der Waals surface area contributed by atoms with Gasteiger partial charge in [0.2, 0.25) is 0 Å². The molecule has 2 aromatic rings. The highest BCUT2D eigenvalue weighted by molar-refractivity contribution is 6.00. The number of amides is 2. The molecule has 4 aliphatic rings. The summed E-state index contributed by atoms with van der Waals surface area (Å²) in [6, 6.07) is 13.3. The third-order valence-corrected chi connectivity index (χ3v) is 9.12. The summed E-state index contributed by atoms with van der Waals surface area (Å²) in [5.41, 5.74) is 3.81. The smallest absolute Gasteiger partial charge is 0.257 e. The summed E-state index contributed by atoms with van der Waals surface area (Å²) < 4.78 is 11.4. The zero-order valence-electron chi connectivity index (χ0n) is 22.0. The zero-order chi connectivity index (χ0) is 26.3. The van der Waals surface area contributed by atoms with Crippen LogP contribution in [0.1, 0.15) is 57.5 Å². The molecule has 8 heteroatoms. The zero-order valence-corrected chi connectivity index (χ0v) is 22.0. The molecule has 2 amide bonds. The lowest BCUT2D eigenvalue weighted by molar-refractivity contribution is -0.0841. The molecule has 202 valence electrons. The fourth-order valence-electron chi connectivity index (χ4n) is 6.62. The first-order valence-corrected chi connectivity index (χ1v) is 13.8. The number of hydrogen-bond donors (Lipinski definition) is 2. The summed E-state index contributed by atoms with van der Waals surface area (Å²) in [4.78, 5) is 30.3. The van der Waals surface area contributed by atoms with Crippen molar-refractivity contribution in [3.8, 4) is 5.75 Å². The molecule has 8 nitrogen and oxygen atoms in total. The molecule has 38 heavy (non-hydrogen) atoms. The van der Waals surface area contributed by atoms with Crippen LogP contribution in [0.3, 0.4) is 0 Å². The monoisotopic (exact) mass is 519 g/mol. The number of methoxy groups -OCH3 is 1.